The zero-order valence-corrected chi connectivity index (χ0v) is 18.6. The van der Waals surface area contributed by atoms with E-state index in [0.717, 1.165) is 31.5 Å². The van der Waals surface area contributed by atoms with Gasteiger partial charge in [0.1, 0.15) is 10.8 Å². The van der Waals surface area contributed by atoms with Crippen LogP contribution in [0, 0.1) is 11.7 Å². The Labute approximate surface area is 191 Å². The van der Waals surface area contributed by atoms with Crippen molar-refractivity contribution in [2.75, 3.05) is 23.7 Å². The van der Waals surface area contributed by atoms with Gasteiger partial charge in [0.25, 0.3) is 5.91 Å². The molecule has 32 heavy (non-hydrogen) atoms. The molecule has 1 aliphatic rings. The fourth-order valence-electron chi connectivity index (χ4n) is 3.80. The molecule has 2 N–H and O–H groups in total. The predicted molar refractivity (Wildman–Crippen MR) is 125 cm³/mol. The summed E-state index contributed by atoms with van der Waals surface area (Å²) in [4.78, 5) is 23.5. The van der Waals surface area contributed by atoms with Crippen molar-refractivity contribution >= 4 is 35.0 Å². The van der Waals surface area contributed by atoms with Gasteiger partial charge in [0, 0.05) is 30.9 Å². The number of hydrogen-bond donors (Lipinski definition) is 2. The van der Waals surface area contributed by atoms with E-state index in [1.54, 1.807) is 12.1 Å². The van der Waals surface area contributed by atoms with E-state index >= 15 is 0 Å². The number of nitrogens with one attached hydrogen (secondary N) is 2. The summed E-state index contributed by atoms with van der Waals surface area (Å²) in [6.45, 7) is 4.12. The van der Waals surface area contributed by atoms with E-state index in [1.807, 2.05) is 29.2 Å². The van der Waals surface area contributed by atoms with Crippen molar-refractivity contribution < 1.29 is 9.18 Å². The Bertz CT molecular complexity index is 1110. The number of piperidine rings is 1. The fourth-order valence-corrected chi connectivity index (χ4v) is 3.96. The minimum Gasteiger partial charge on any atom is -0.365 e. The number of rotatable bonds is 6. The molecule has 1 amide bonds. The van der Waals surface area contributed by atoms with Gasteiger partial charge >= 0.3 is 0 Å². The summed E-state index contributed by atoms with van der Waals surface area (Å²) in [5.41, 5.74) is 2.11. The predicted octanol–water partition coefficient (Wildman–Crippen LogP) is 5.50. The van der Waals surface area contributed by atoms with Crippen LogP contribution in [0.2, 0.25) is 5.02 Å². The number of benzene rings is 2. The first kappa shape index (κ1) is 22.0. The number of carbonyl (C=O) groups is 1. The molecule has 1 atom stereocenters. The average Bonchev–Trinajstić information content (AvgIpc) is 2.79. The molecular formula is C24H25ClFN5O. The van der Waals surface area contributed by atoms with Gasteiger partial charge in [0.2, 0.25) is 5.95 Å². The van der Waals surface area contributed by atoms with Gasteiger partial charge in [-0.3, -0.25) is 4.79 Å². The maximum Gasteiger partial charge on any atom is 0.253 e. The number of anilines is 3. The van der Waals surface area contributed by atoms with Gasteiger partial charge in [-0.2, -0.15) is 4.98 Å². The van der Waals surface area contributed by atoms with Crippen molar-refractivity contribution in [2.24, 2.45) is 5.92 Å². The second kappa shape index (κ2) is 9.96. The summed E-state index contributed by atoms with van der Waals surface area (Å²) in [5, 5.41) is 6.60. The Hall–Kier alpha value is -3.19. The van der Waals surface area contributed by atoms with Crippen molar-refractivity contribution in [3.8, 4) is 0 Å². The highest BCUT2D eigenvalue weighted by Crippen LogP contribution is 2.24. The van der Waals surface area contributed by atoms with Gasteiger partial charge in [-0.1, -0.05) is 36.7 Å². The molecule has 0 radical (unpaired) electrons. The Morgan fingerprint density at radius 1 is 1.25 bits per heavy atom. The number of likely N-dealkylation sites (tertiary alicyclic amines) is 1. The molecule has 2 aromatic carbocycles. The Morgan fingerprint density at radius 2 is 2.09 bits per heavy atom. The average molecular weight is 454 g/mol. The van der Waals surface area contributed by atoms with Crippen molar-refractivity contribution in [1.29, 1.82) is 0 Å². The maximum atomic E-state index is 13.4. The van der Waals surface area contributed by atoms with E-state index < -0.39 is 0 Å². The topological polar surface area (TPSA) is 70.2 Å². The number of carbonyl (C=O) groups excluding carboxylic acids is 1. The van der Waals surface area contributed by atoms with Gasteiger partial charge in [0.05, 0.1) is 6.20 Å². The van der Waals surface area contributed by atoms with Crippen LogP contribution in [0.5, 0.6) is 0 Å². The maximum absolute atomic E-state index is 13.4. The lowest BCUT2D eigenvalue weighted by Crippen LogP contribution is -2.39. The number of hydrogen-bond acceptors (Lipinski definition) is 5. The molecule has 1 aromatic heterocycles. The van der Waals surface area contributed by atoms with Crippen LogP contribution in [-0.4, -0.2) is 33.9 Å². The molecule has 2 heterocycles. The van der Waals surface area contributed by atoms with E-state index in [9.17, 15) is 9.18 Å². The molecule has 166 valence electrons. The van der Waals surface area contributed by atoms with Crippen LogP contribution in [-0.2, 0) is 6.54 Å². The number of halogens is 2. The van der Waals surface area contributed by atoms with E-state index in [-0.39, 0.29) is 11.7 Å². The summed E-state index contributed by atoms with van der Waals surface area (Å²) in [6, 6.07) is 13.6. The third kappa shape index (κ3) is 5.53. The van der Waals surface area contributed by atoms with Crippen LogP contribution in [0.15, 0.2) is 54.7 Å². The first-order valence-corrected chi connectivity index (χ1v) is 11.0. The van der Waals surface area contributed by atoms with Crippen LogP contribution in [0.1, 0.15) is 35.7 Å². The molecule has 0 bridgehead atoms. The highest BCUT2D eigenvalue weighted by molar-refractivity contribution is 6.32. The van der Waals surface area contributed by atoms with Crippen molar-refractivity contribution in [2.45, 2.75) is 26.3 Å². The molecule has 0 aliphatic carbocycles. The van der Waals surface area contributed by atoms with Gasteiger partial charge in [-0.25, -0.2) is 9.37 Å². The first-order valence-electron chi connectivity index (χ1n) is 10.6. The normalized spacial score (nSPS) is 16.0. The second-order valence-electron chi connectivity index (χ2n) is 8.08. The molecule has 1 aliphatic heterocycles. The molecule has 0 unspecified atom stereocenters. The molecule has 0 spiro atoms. The molecule has 1 fully saturated rings. The minimum atomic E-state index is -0.297. The number of nitrogens with zero attached hydrogens (tertiary/aromatic N) is 3. The number of amides is 1. The number of aromatic nitrogens is 2. The van der Waals surface area contributed by atoms with E-state index in [0.29, 0.717) is 40.5 Å². The molecule has 4 rings (SSSR count). The van der Waals surface area contributed by atoms with Gasteiger partial charge in [0.15, 0.2) is 5.82 Å². The van der Waals surface area contributed by atoms with E-state index in [1.165, 1.54) is 18.3 Å². The molecular weight excluding hydrogens is 429 g/mol. The second-order valence-corrected chi connectivity index (χ2v) is 8.49. The zero-order chi connectivity index (χ0) is 22.5. The lowest BCUT2D eigenvalue weighted by atomic mass is 9.99. The lowest BCUT2D eigenvalue weighted by Gasteiger charge is -2.31. The van der Waals surface area contributed by atoms with Crippen LogP contribution in [0.25, 0.3) is 0 Å². The summed E-state index contributed by atoms with van der Waals surface area (Å²) < 4.78 is 13.4. The Balaban J connectivity index is 1.45. The molecule has 0 saturated carbocycles. The standard InChI is InChI=1S/C24H25ClFN5O/c1-16-5-4-10-31(15-16)23(32)18-7-3-9-20(12-18)29-24-28-14-21(25)22(30-24)27-13-17-6-2-8-19(26)11-17/h2-3,6-9,11-12,14,16H,4-5,10,13,15H2,1H3,(H2,27,28,29,30)/t16-/m1/s1. The van der Waals surface area contributed by atoms with Crippen molar-refractivity contribution in [1.82, 2.24) is 14.9 Å². The highest BCUT2D eigenvalue weighted by atomic mass is 35.5. The lowest BCUT2D eigenvalue weighted by molar-refractivity contribution is 0.0683. The fraction of sp³-hybridized carbons (Fsp3) is 0.292. The SMILES string of the molecule is C[C@@H]1CCCN(C(=O)c2cccc(Nc3ncc(Cl)c(NCc4cccc(F)c4)n3)c2)C1. The van der Waals surface area contributed by atoms with Crippen LogP contribution >= 0.6 is 11.6 Å². The molecule has 6 nitrogen and oxygen atoms in total. The molecule has 3 aromatic rings. The van der Waals surface area contributed by atoms with E-state index in [4.69, 9.17) is 11.6 Å². The highest BCUT2D eigenvalue weighted by Gasteiger charge is 2.22. The van der Waals surface area contributed by atoms with Crippen molar-refractivity contribution in [3.05, 3.63) is 76.7 Å². The Kier molecular flexibility index (Phi) is 6.85. The minimum absolute atomic E-state index is 0.0367. The van der Waals surface area contributed by atoms with Crippen LogP contribution < -0.4 is 10.6 Å². The smallest absolute Gasteiger partial charge is 0.253 e. The summed E-state index contributed by atoms with van der Waals surface area (Å²) in [6.07, 6.45) is 3.69. The van der Waals surface area contributed by atoms with E-state index in [2.05, 4.69) is 27.5 Å². The van der Waals surface area contributed by atoms with Crippen molar-refractivity contribution in [3.63, 3.8) is 0 Å². The molecule has 8 heteroatoms. The summed E-state index contributed by atoms with van der Waals surface area (Å²) in [7, 11) is 0. The quantitative estimate of drug-likeness (QED) is 0.516. The summed E-state index contributed by atoms with van der Waals surface area (Å²) in [5.74, 6) is 1.04. The summed E-state index contributed by atoms with van der Waals surface area (Å²) >= 11 is 6.22. The first-order chi connectivity index (χ1) is 15.5. The van der Waals surface area contributed by atoms with Gasteiger partial charge in [-0.15, -0.1) is 0 Å². The third-order valence-electron chi connectivity index (χ3n) is 5.40. The Morgan fingerprint density at radius 3 is 2.91 bits per heavy atom. The van der Waals surface area contributed by atoms with Gasteiger partial charge < -0.3 is 15.5 Å². The largest absolute Gasteiger partial charge is 0.365 e. The van der Waals surface area contributed by atoms with Crippen LogP contribution in [0.4, 0.5) is 21.8 Å². The third-order valence-corrected chi connectivity index (χ3v) is 5.68. The van der Waals surface area contributed by atoms with Gasteiger partial charge in [-0.05, 0) is 54.7 Å². The molecule has 1 saturated heterocycles. The zero-order valence-electron chi connectivity index (χ0n) is 17.8. The van der Waals surface area contributed by atoms with Crippen LogP contribution in [0.3, 0.4) is 0 Å². The monoisotopic (exact) mass is 453 g/mol.